The number of aliphatic hydroxyl groups excluding tert-OH is 1. The zero-order chi connectivity index (χ0) is 42.7. The van der Waals surface area contributed by atoms with Crippen molar-refractivity contribution in [1.29, 1.82) is 0 Å². The minimum Gasteiger partial charge on any atom is -0.395 e. The summed E-state index contributed by atoms with van der Waals surface area (Å²) in [6.45, 7) is 4.32. The lowest BCUT2D eigenvalue weighted by Crippen LogP contribution is -2.48. The van der Waals surface area contributed by atoms with Crippen LogP contribution in [0.4, 0.5) is 29.7 Å². The molecule has 4 aromatic rings. The maximum absolute atomic E-state index is 13.4. The second kappa shape index (κ2) is 20.2. The van der Waals surface area contributed by atoms with E-state index in [1.165, 1.54) is 32.9 Å². The molecule has 0 aliphatic carbocycles. The lowest BCUT2D eigenvalue weighted by molar-refractivity contribution is 0.173. The third kappa shape index (κ3) is 12.2. The van der Waals surface area contributed by atoms with E-state index < -0.39 is 26.7 Å². The molecule has 4 aromatic carbocycles. The highest BCUT2D eigenvalue weighted by Crippen LogP contribution is 2.25. The monoisotopic (exact) mass is 852 g/mol. The van der Waals surface area contributed by atoms with Crippen molar-refractivity contribution in [3.8, 4) is 22.3 Å². The quantitative estimate of drug-likeness (QED) is 0.153. The minimum atomic E-state index is -3.44. The predicted molar refractivity (Wildman–Crippen MR) is 226 cm³/mol. The summed E-state index contributed by atoms with van der Waals surface area (Å²) in [5, 5.41) is 15.5. The summed E-state index contributed by atoms with van der Waals surface area (Å²) >= 11 is 0. The van der Waals surface area contributed by atoms with Crippen molar-refractivity contribution in [3.63, 3.8) is 0 Å². The molecular weight excluding hydrogens is 803 g/mol. The molecule has 0 aromatic heterocycles. The molecule has 2 aliphatic rings. The van der Waals surface area contributed by atoms with Gasteiger partial charge in [-0.3, -0.25) is 0 Å². The number of rotatable bonds is 11. The van der Waals surface area contributed by atoms with Crippen LogP contribution in [0.5, 0.6) is 0 Å². The predicted octanol–water partition coefficient (Wildman–Crippen LogP) is 6.64. The second-order valence-corrected chi connectivity index (χ2v) is 18.2. The lowest BCUT2D eigenvalue weighted by Gasteiger charge is -2.36. The Labute approximate surface area is 345 Å². The molecule has 59 heavy (non-hydrogen) atoms. The Kier molecular flexibility index (Phi) is 15.4. The molecule has 316 valence electrons. The van der Waals surface area contributed by atoms with E-state index in [0.717, 1.165) is 27.7 Å². The number of hydrogen-bond acceptors (Lipinski definition) is 7. The van der Waals surface area contributed by atoms with E-state index in [-0.39, 0.29) is 41.5 Å². The number of hydrogen-bond donors (Lipinski definition) is 3. The molecule has 0 saturated carbocycles. The van der Waals surface area contributed by atoms with Gasteiger partial charge in [0.25, 0.3) is 0 Å². The van der Waals surface area contributed by atoms with Crippen LogP contribution in [-0.4, -0.2) is 117 Å². The largest absolute Gasteiger partial charge is 0.395 e. The van der Waals surface area contributed by atoms with Crippen LogP contribution in [0.25, 0.3) is 22.3 Å². The first-order chi connectivity index (χ1) is 28.1. The van der Waals surface area contributed by atoms with E-state index in [1.54, 1.807) is 60.3 Å². The van der Waals surface area contributed by atoms with Crippen molar-refractivity contribution in [2.75, 3.05) is 63.3 Å². The summed E-state index contributed by atoms with van der Waals surface area (Å²) in [6, 6.07) is 26.3. The van der Waals surface area contributed by atoms with Gasteiger partial charge >= 0.3 is 12.1 Å². The first-order valence-electron chi connectivity index (χ1n) is 19.1. The second-order valence-electron chi connectivity index (χ2n) is 14.3. The number of piperidine rings is 2. The van der Waals surface area contributed by atoms with Crippen molar-refractivity contribution in [1.82, 2.24) is 18.4 Å². The van der Waals surface area contributed by atoms with Crippen molar-refractivity contribution in [2.45, 2.75) is 37.8 Å². The number of anilines is 2. The van der Waals surface area contributed by atoms with Gasteiger partial charge in [-0.15, -0.1) is 0 Å². The third-order valence-corrected chi connectivity index (χ3v) is 13.8. The Bertz CT molecular complexity index is 2280. The van der Waals surface area contributed by atoms with Crippen LogP contribution >= 0.6 is 0 Å². The summed E-state index contributed by atoms with van der Waals surface area (Å²) in [7, 11) is -3.45. The van der Waals surface area contributed by atoms with Crippen LogP contribution in [0, 0.1) is 11.6 Å². The average Bonchev–Trinajstić information content (AvgIpc) is 3.24. The van der Waals surface area contributed by atoms with Crippen molar-refractivity contribution in [3.05, 3.63) is 121 Å². The molecule has 2 aliphatic heterocycles. The van der Waals surface area contributed by atoms with Crippen LogP contribution in [0.2, 0.25) is 0 Å². The first kappa shape index (κ1) is 44.9. The average molecular weight is 853 g/mol. The molecule has 0 spiro atoms. The van der Waals surface area contributed by atoms with Crippen LogP contribution < -0.4 is 10.6 Å². The van der Waals surface area contributed by atoms with Gasteiger partial charge in [-0.05, 0) is 96.5 Å². The normalized spacial score (nSPS) is 15.7. The number of sulfonamides is 2. The molecular formula is C42H50F2N6O7S2. The molecule has 0 unspecified atom stereocenters. The number of carbonyl (C=O) groups excluding carboxylic acids is 2. The van der Waals surface area contributed by atoms with Gasteiger partial charge in [-0.25, -0.2) is 39.5 Å². The Hall–Kier alpha value is -5.20. The smallest absolute Gasteiger partial charge is 0.321 e. The summed E-state index contributed by atoms with van der Waals surface area (Å²) < 4.78 is 77.3. The van der Waals surface area contributed by atoms with Gasteiger partial charge in [-0.2, -0.15) is 4.31 Å². The highest BCUT2D eigenvalue weighted by Gasteiger charge is 2.31. The van der Waals surface area contributed by atoms with E-state index >= 15 is 0 Å². The van der Waals surface area contributed by atoms with Gasteiger partial charge < -0.3 is 25.5 Å². The maximum atomic E-state index is 13.4. The number of benzene rings is 4. The molecule has 4 amide bonds. The molecule has 0 bridgehead atoms. The maximum Gasteiger partial charge on any atom is 0.321 e. The molecule has 17 heteroatoms. The van der Waals surface area contributed by atoms with Crippen LogP contribution in [0.3, 0.4) is 0 Å². The number of halogens is 2. The van der Waals surface area contributed by atoms with Crippen LogP contribution in [0.1, 0.15) is 25.7 Å². The van der Waals surface area contributed by atoms with Gasteiger partial charge in [0.1, 0.15) is 11.6 Å². The fourth-order valence-electron chi connectivity index (χ4n) is 6.92. The highest BCUT2D eigenvalue weighted by molar-refractivity contribution is 7.92. The van der Waals surface area contributed by atoms with E-state index in [0.29, 0.717) is 63.2 Å². The number of amides is 4. The summed E-state index contributed by atoms with van der Waals surface area (Å²) in [5.74, 6) is -0.880. The molecule has 13 nitrogen and oxygen atoms in total. The Morgan fingerprint density at radius 1 is 0.678 bits per heavy atom. The van der Waals surface area contributed by atoms with E-state index in [2.05, 4.69) is 17.2 Å². The first-order valence-corrected chi connectivity index (χ1v) is 22.2. The standard InChI is InChI=1S/C21H26FN3O4S.C21H24FN3O3S/c1-24(20-9-11-25(12-10-20)30(28,29)14-13-26)21(27)23-19-7-5-16(6-8-19)17-3-2-4-18(22)15-17;1-3-29(27,28)25-13-11-20(12-14-25)24(2)21(26)23-19-9-7-16(8-10-19)17-5-4-6-18(22)15-17/h2-8,15,20,26H,9-14H2,1H3,(H,23,27);3-10,15,20H,1,11-14H2,2H3,(H,23,26). The molecule has 0 atom stereocenters. The molecule has 6 rings (SSSR count). The third-order valence-electron chi connectivity index (χ3n) is 10.5. The fraction of sp³-hybridized carbons (Fsp3) is 0.333. The van der Waals surface area contributed by atoms with Crippen molar-refractivity contribution >= 4 is 43.5 Å². The van der Waals surface area contributed by atoms with Gasteiger partial charge in [0.05, 0.1) is 12.4 Å². The number of nitrogens with one attached hydrogen (secondary N) is 2. The molecule has 3 N–H and O–H groups in total. The number of aliphatic hydroxyl groups is 1. The van der Waals surface area contributed by atoms with E-state index in [4.69, 9.17) is 5.11 Å². The molecule has 2 heterocycles. The van der Waals surface area contributed by atoms with Gasteiger partial charge in [0, 0.05) is 69.1 Å². The SMILES string of the molecule is C=CS(=O)(=O)N1CCC(N(C)C(=O)Nc2ccc(-c3cccc(F)c3)cc2)CC1.CN(C(=O)Nc1ccc(-c2cccc(F)c2)cc1)C1CCN(S(=O)(=O)CCO)CC1. The topological polar surface area (TPSA) is 160 Å². The van der Waals surface area contributed by atoms with E-state index in [9.17, 15) is 35.2 Å². The number of carbonyl (C=O) groups is 2. The van der Waals surface area contributed by atoms with Crippen LogP contribution in [0.15, 0.2) is 109 Å². The summed E-state index contributed by atoms with van der Waals surface area (Å²) in [4.78, 5) is 28.4. The van der Waals surface area contributed by atoms with Crippen molar-refractivity contribution < 1.29 is 40.3 Å². The molecule has 0 radical (unpaired) electrons. The van der Waals surface area contributed by atoms with Gasteiger partial charge in [0.2, 0.25) is 20.0 Å². The van der Waals surface area contributed by atoms with Gasteiger partial charge in [0.15, 0.2) is 0 Å². The Morgan fingerprint density at radius 2 is 1.07 bits per heavy atom. The number of urea groups is 2. The minimum absolute atomic E-state index is 0.0437. The molecule has 2 saturated heterocycles. The van der Waals surface area contributed by atoms with Crippen molar-refractivity contribution in [2.24, 2.45) is 0 Å². The summed E-state index contributed by atoms with van der Waals surface area (Å²) in [6.07, 6.45) is 2.20. The summed E-state index contributed by atoms with van der Waals surface area (Å²) in [5.41, 5.74) is 4.47. The zero-order valence-electron chi connectivity index (χ0n) is 33.0. The number of nitrogens with zero attached hydrogens (tertiary/aromatic N) is 4. The Morgan fingerprint density at radius 3 is 1.42 bits per heavy atom. The van der Waals surface area contributed by atoms with Gasteiger partial charge in [-0.1, -0.05) is 55.1 Å². The van der Waals surface area contributed by atoms with Crippen LogP contribution in [-0.2, 0) is 20.0 Å². The highest BCUT2D eigenvalue weighted by atomic mass is 32.2. The molecule has 2 fully saturated rings. The van der Waals surface area contributed by atoms with E-state index in [1.807, 2.05) is 36.4 Å². The zero-order valence-corrected chi connectivity index (χ0v) is 34.6. The lowest BCUT2D eigenvalue weighted by atomic mass is 10.1. The fourth-order valence-corrected chi connectivity index (χ4v) is 9.11. The Balaban J connectivity index is 0.000000224.